The van der Waals surface area contributed by atoms with E-state index in [9.17, 15) is 13.2 Å². The van der Waals surface area contributed by atoms with Gasteiger partial charge in [0.2, 0.25) is 5.91 Å². The van der Waals surface area contributed by atoms with E-state index in [2.05, 4.69) is 19.2 Å². The van der Waals surface area contributed by atoms with Crippen LogP contribution >= 0.6 is 0 Å². The third-order valence-electron chi connectivity index (χ3n) is 5.64. The van der Waals surface area contributed by atoms with Crippen molar-refractivity contribution in [2.75, 3.05) is 16.2 Å². The van der Waals surface area contributed by atoms with Crippen LogP contribution in [0.1, 0.15) is 43.7 Å². The summed E-state index contributed by atoms with van der Waals surface area (Å²) in [5.74, 6) is 0.201. The Bertz CT molecular complexity index is 1230. The minimum atomic E-state index is -3.58. The molecule has 156 valence electrons. The standard InChI is InChI=1S/C24H26N2O3S/c1-16(2)19-11-4-8-17(3)24(19)25-22(27)14-7-15-26-20-12-5-9-18-10-6-13-21(23(18)20)30(26,28)29/h4-6,8-13,16H,7,14-15H2,1-3H3,(H,25,27). The van der Waals surface area contributed by atoms with Crippen LogP contribution in [-0.2, 0) is 14.8 Å². The molecule has 0 radical (unpaired) electrons. The third kappa shape index (κ3) is 3.45. The van der Waals surface area contributed by atoms with Crippen molar-refractivity contribution >= 4 is 38.1 Å². The molecule has 1 aliphatic rings. The van der Waals surface area contributed by atoms with Crippen molar-refractivity contribution < 1.29 is 13.2 Å². The van der Waals surface area contributed by atoms with Gasteiger partial charge in [-0.15, -0.1) is 0 Å². The van der Waals surface area contributed by atoms with E-state index in [1.165, 1.54) is 4.31 Å². The fraction of sp³-hybridized carbons (Fsp3) is 0.292. The highest BCUT2D eigenvalue weighted by Gasteiger charge is 2.35. The minimum Gasteiger partial charge on any atom is -0.326 e. The first-order valence-electron chi connectivity index (χ1n) is 10.2. The van der Waals surface area contributed by atoms with Crippen LogP contribution in [-0.4, -0.2) is 20.9 Å². The fourth-order valence-corrected chi connectivity index (χ4v) is 5.88. The topological polar surface area (TPSA) is 66.5 Å². The van der Waals surface area contributed by atoms with Crippen LogP contribution < -0.4 is 9.62 Å². The molecule has 0 unspecified atom stereocenters. The van der Waals surface area contributed by atoms with E-state index in [0.29, 0.717) is 22.9 Å². The summed E-state index contributed by atoms with van der Waals surface area (Å²) in [7, 11) is -3.58. The van der Waals surface area contributed by atoms with Crippen LogP contribution in [0.2, 0.25) is 0 Å². The van der Waals surface area contributed by atoms with Gasteiger partial charge in [-0.3, -0.25) is 9.10 Å². The molecule has 0 aliphatic carbocycles. The highest BCUT2D eigenvalue weighted by atomic mass is 32.2. The van der Waals surface area contributed by atoms with E-state index in [4.69, 9.17) is 0 Å². The molecule has 30 heavy (non-hydrogen) atoms. The van der Waals surface area contributed by atoms with Crippen LogP contribution in [0.25, 0.3) is 10.8 Å². The van der Waals surface area contributed by atoms with Gasteiger partial charge in [0.15, 0.2) is 0 Å². The highest BCUT2D eigenvalue weighted by molar-refractivity contribution is 7.93. The average molecular weight is 423 g/mol. The molecular formula is C24H26N2O3S. The number of benzene rings is 3. The molecule has 1 aliphatic heterocycles. The second kappa shape index (κ2) is 7.76. The Morgan fingerprint density at radius 1 is 1.03 bits per heavy atom. The summed E-state index contributed by atoms with van der Waals surface area (Å²) in [4.78, 5) is 13.0. The number of nitrogens with one attached hydrogen (secondary N) is 1. The molecule has 0 saturated carbocycles. The van der Waals surface area contributed by atoms with E-state index in [-0.39, 0.29) is 18.9 Å². The fourth-order valence-electron chi connectivity index (χ4n) is 4.13. The SMILES string of the molecule is Cc1cccc(C(C)C)c1NC(=O)CCCN1c2cccc3cccc(c23)S1(=O)=O. The van der Waals surface area contributed by atoms with Crippen molar-refractivity contribution in [3.05, 3.63) is 65.7 Å². The summed E-state index contributed by atoms with van der Waals surface area (Å²) < 4.78 is 27.5. The van der Waals surface area contributed by atoms with Crippen molar-refractivity contribution in [3.8, 4) is 0 Å². The summed E-state index contributed by atoms with van der Waals surface area (Å²) in [6, 6.07) is 17.0. The first kappa shape index (κ1) is 20.4. The highest BCUT2D eigenvalue weighted by Crippen LogP contribution is 2.42. The summed E-state index contributed by atoms with van der Waals surface area (Å²) >= 11 is 0. The Labute approximate surface area is 177 Å². The lowest BCUT2D eigenvalue weighted by Gasteiger charge is -2.19. The number of aryl methyl sites for hydroxylation is 1. The Kier molecular flexibility index (Phi) is 5.28. The molecule has 4 rings (SSSR count). The van der Waals surface area contributed by atoms with E-state index >= 15 is 0 Å². The molecule has 1 N–H and O–H groups in total. The van der Waals surface area contributed by atoms with Crippen molar-refractivity contribution in [3.63, 3.8) is 0 Å². The smallest absolute Gasteiger partial charge is 0.265 e. The van der Waals surface area contributed by atoms with Crippen molar-refractivity contribution in [2.24, 2.45) is 0 Å². The van der Waals surface area contributed by atoms with Gasteiger partial charge in [0, 0.05) is 24.0 Å². The molecule has 0 atom stereocenters. The van der Waals surface area contributed by atoms with E-state index in [1.807, 2.05) is 49.4 Å². The summed E-state index contributed by atoms with van der Waals surface area (Å²) in [6.07, 6.45) is 0.697. The maximum absolute atomic E-state index is 13.0. The first-order valence-corrected chi connectivity index (χ1v) is 11.7. The number of nitrogens with zero attached hydrogens (tertiary/aromatic N) is 1. The maximum atomic E-state index is 13.0. The summed E-state index contributed by atoms with van der Waals surface area (Å²) in [6.45, 7) is 6.45. The van der Waals surface area contributed by atoms with Gasteiger partial charge in [0.25, 0.3) is 10.0 Å². The zero-order chi connectivity index (χ0) is 21.5. The predicted molar refractivity (Wildman–Crippen MR) is 122 cm³/mol. The van der Waals surface area contributed by atoms with Crippen molar-refractivity contribution in [1.82, 2.24) is 0 Å². The summed E-state index contributed by atoms with van der Waals surface area (Å²) in [5, 5.41) is 4.72. The Morgan fingerprint density at radius 3 is 2.47 bits per heavy atom. The first-order chi connectivity index (χ1) is 14.3. The molecule has 1 amide bonds. The molecule has 0 aromatic heterocycles. The zero-order valence-electron chi connectivity index (χ0n) is 17.5. The molecule has 0 bridgehead atoms. The number of para-hydroxylation sites is 1. The van der Waals surface area contributed by atoms with Gasteiger partial charge in [0.05, 0.1) is 10.6 Å². The summed E-state index contributed by atoms with van der Waals surface area (Å²) in [5.41, 5.74) is 3.69. The Hall–Kier alpha value is -2.86. The molecule has 0 fully saturated rings. The van der Waals surface area contributed by atoms with Gasteiger partial charge >= 0.3 is 0 Å². The number of rotatable bonds is 6. The Balaban J connectivity index is 1.47. The minimum absolute atomic E-state index is 0.0986. The number of hydrogen-bond donors (Lipinski definition) is 1. The molecule has 5 nitrogen and oxygen atoms in total. The van der Waals surface area contributed by atoms with Crippen LogP contribution in [0.5, 0.6) is 0 Å². The maximum Gasteiger partial charge on any atom is 0.265 e. The second-order valence-electron chi connectivity index (χ2n) is 8.05. The van der Waals surface area contributed by atoms with Gasteiger partial charge in [-0.2, -0.15) is 0 Å². The molecule has 3 aromatic rings. The van der Waals surface area contributed by atoms with Crippen LogP contribution in [0.3, 0.4) is 0 Å². The number of amides is 1. The van der Waals surface area contributed by atoms with Crippen molar-refractivity contribution in [2.45, 2.75) is 44.4 Å². The average Bonchev–Trinajstić information content (AvgIpc) is 2.92. The number of carbonyl (C=O) groups is 1. The van der Waals surface area contributed by atoms with Crippen LogP contribution in [0.4, 0.5) is 11.4 Å². The molecule has 6 heteroatoms. The van der Waals surface area contributed by atoms with E-state index in [1.54, 1.807) is 12.1 Å². The molecular weight excluding hydrogens is 396 g/mol. The molecule has 3 aromatic carbocycles. The second-order valence-corrected chi connectivity index (χ2v) is 9.88. The monoisotopic (exact) mass is 422 g/mol. The lowest BCUT2D eigenvalue weighted by molar-refractivity contribution is -0.116. The number of carbonyl (C=O) groups excluding carboxylic acids is 1. The quantitative estimate of drug-likeness (QED) is 0.594. The van der Waals surface area contributed by atoms with E-state index < -0.39 is 10.0 Å². The van der Waals surface area contributed by atoms with Gasteiger partial charge < -0.3 is 5.32 Å². The lowest BCUT2D eigenvalue weighted by Crippen LogP contribution is -2.29. The van der Waals surface area contributed by atoms with E-state index in [0.717, 1.165) is 27.6 Å². The van der Waals surface area contributed by atoms with Crippen LogP contribution in [0, 0.1) is 6.92 Å². The predicted octanol–water partition coefficient (Wildman–Crippen LogP) is 5.20. The van der Waals surface area contributed by atoms with Gasteiger partial charge in [-0.25, -0.2) is 8.42 Å². The van der Waals surface area contributed by atoms with Gasteiger partial charge in [0.1, 0.15) is 0 Å². The van der Waals surface area contributed by atoms with Gasteiger partial charge in [-0.05, 0) is 47.9 Å². The largest absolute Gasteiger partial charge is 0.326 e. The molecule has 0 spiro atoms. The molecule has 1 heterocycles. The van der Waals surface area contributed by atoms with Crippen molar-refractivity contribution in [1.29, 1.82) is 0 Å². The Morgan fingerprint density at radius 2 is 1.73 bits per heavy atom. The lowest BCUT2D eigenvalue weighted by atomic mass is 9.98. The number of hydrogen-bond acceptors (Lipinski definition) is 3. The normalized spacial score (nSPS) is 14.5. The van der Waals surface area contributed by atoms with Crippen LogP contribution in [0.15, 0.2) is 59.5 Å². The van der Waals surface area contributed by atoms with Gasteiger partial charge in [-0.1, -0.05) is 56.3 Å². The number of sulfonamides is 1. The molecule has 0 saturated heterocycles. The third-order valence-corrected chi connectivity index (χ3v) is 7.49. The number of anilines is 2. The zero-order valence-corrected chi connectivity index (χ0v) is 18.3.